The van der Waals surface area contributed by atoms with E-state index in [0.29, 0.717) is 0 Å². The monoisotopic (exact) mass is 331 g/mol. The normalized spacial score (nSPS) is 12.5. The van der Waals surface area contributed by atoms with Crippen LogP contribution in [-0.4, -0.2) is 4.57 Å². The summed E-state index contributed by atoms with van der Waals surface area (Å²) in [6.07, 6.45) is 3.19. The summed E-state index contributed by atoms with van der Waals surface area (Å²) in [5.74, 6) is 0. The molecule has 0 aliphatic heterocycles. The zero-order valence-corrected chi connectivity index (χ0v) is 14.3. The smallest absolute Gasteiger partial charge is 0.0531 e. The third kappa shape index (κ3) is 1.86. The molecule has 122 valence electrons. The van der Waals surface area contributed by atoms with Crippen LogP contribution in [0.2, 0.25) is 0 Å². The lowest BCUT2D eigenvalue weighted by Crippen LogP contribution is -1.92. The van der Waals surface area contributed by atoms with Gasteiger partial charge < -0.3 is 4.57 Å². The molecule has 1 aromatic heterocycles. The average molecular weight is 331 g/mol. The lowest BCUT2D eigenvalue weighted by Gasteiger charge is -2.07. The van der Waals surface area contributed by atoms with Crippen molar-refractivity contribution >= 4 is 21.7 Å². The van der Waals surface area contributed by atoms with Crippen molar-refractivity contribution in [2.75, 3.05) is 0 Å². The van der Waals surface area contributed by atoms with E-state index in [-0.39, 0.29) is 0 Å². The highest BCUT2D eigenvalue weighted by Gasteiger charge is 2.21. The van der Waals surface area contributed by atoms with E-state index >= 15 is 0 Å². The van der Waals surface area contributed by atoms with Crippen LogP contribution in [0.25, 0.3) is 38.5 Å². The van der Waals surface area contributed by atoms with Crippen LogP contribution in [0.4, 0.5) is 0 Å². The Kier molecular flexibility index (Phi) is 2.72. The summed E-state index contributed by atoms with van der Waals surface area (Å²) in [7, 11) is 0. The first-order chi connectivity index (χ1) is 12.9. The van der Waals surface area contributed by atoms with E-state index in [1.807, 2.05) is 0 Å². The Balaban J connectivity index is 1.59. The minimum atomic E-state index is 1.02. The van der Waals surface area contributed by atoms with Crippen LogP contribution in [0.1, 0.15) is 11.1 Å². The molecule has 0 atom stereocenters. The average Bonchev–Trinajstić information content (AvgIpc) is 3.27. The molecule has 1 heterocycles. The zero-order chi connectivity index (χ0) is 17.1. The molecule has 0 saturated carbocycles. The number of hydrogen-bond donors (Lipinski definition) is 0. The molecular weight excluding hydrogens is 314 g/mol. The standard InChI is InChI=1S/C25H17N/c1-2-7-20(8-3-1)26-13-12-18-14-23-19(16-25(18)26)15-24-21-9-5-4-6-17(21)10-11-22(23)24/h1-14,16H,15H2. The van der Waals surface area contributed by atoms with E-state index < -0.39 is 0 Å². The number of rotatable bonds is 1. The van der Waals surface area contributed by atoms with Crippen molar-refractivity contribution in [3.05, 3.63) is 102 Å². The number of hydrogen-bond acceptors (Lipinski definition) is 0. The van der Waals surface area contributed by atoms with Crippen LogP contribution in [0.15, 0.2) is 91.1 Å². The molecule has 0 N–H and O–H groups in total. The topological polar surface area (TPSA) is 4.93 Å². The van der Waals surface area contributed by atoms with Gasteiger partial charge >= 0.3 is 0 Å². The van der Waals surface area contributed by atoms with Gasteiger partial charge in [0.1, 0.15) is 0 Å². The van der Waals surface area contributed by atoms with Crippen molar-refractivity contribution in [3.8, 4) is 16.8 Å². The molecule has 6 rings (SSSR count). The molecule has 5 aromatic rings. The number of para-hydroxylation sites is 1. The van der Waals surface area contributed by atoms with E-state index in [1.165, 1.54) is 49.6 Å². The molecule has 0 bridgehead atoms. The molecule has 0 fully saturated rings. The SMILES string of the molecule is c1ccc(-n2ccc3cc4c(cc32)Cc2c-4ccc3ccccc23)cc1. The molecule has 1 nitrogen and oxygen atoms in total. The molecule has 0 unspecified atom stereocenters. The predicted molar refractivity (Wildman–Crippen MR) is 109 cm³/mol. The van der Waals surface area contributed by atoms with E-state index in [4.69, 9.17) is 0 Å². The highest BCUT2D eigenvalue weighted by atomic mass is 15.0. The Morgan fingerprint density at radius 1 is 0.654 bits per heavy atom. The molecule has 0 spiro atoms. The van der Waals surface area contributed by atoms with Gasteiger partial charge in [-0.25, -0.2) is 0 Å². The van der Waals surface area contributed by atoms with Crippen LogP contribution in [-0.2, 0) is 6.42 Å². The summed E-state index contributed by atoms with van der Waals surface area (Å²) < 4.78 is 2.29. The number of aromatic nitrogens is 1. The van der Waals surface area contributed by atoms with Gasteiger partial charge in [-0.05, 0) is 69.8 Å². The second-order valence-electron chi connectivity index (χ2n) is 7.08. The van der Waals surface area contributed by atoms with Crippen molar-refractivity contribution in [2.45, 2.75) is 6.42 Å². The van der Waals surface area contributed by atoms with Crippen molar-refractivity contribution in [1.82, 2.24) is 4.57 Å². The van der Waals surface area contributed by atoms with Gasteiger partial charge in [-0.1, -0.05) is 54.6 Å². The molecule has 4 aromatic carbocycles. The van der Waals surface area contributed by atoms with Gasteiger partial charge in [0, 0.05) is 17.3 Å². The minimum Gasteiger partial charge on any atom is -0.317 e. The molecule has 0 radical (unpaired) electrons. The fourth-order valence-corrected chi connectivity index (χ4v) is 4.41. The van der Waals surface area contributed by atoms with Crippen LogP contribution in [0.5, 0.6) is 0 Å². The maximum absolute atomic E-state index is 2.38. The lowest BCUT2D eigenvalue weighted by atomic mass is 9.99. The second kappa shape index (κ2) is 5.09. The number of fused-ring (bicyclic) bond motifs is 6. The van der Waals surface area contributed by atoms with Crippen LogP contribution >= 0.6 is 0 Å². The quantitative estimate of drug-likeness (QED) is 0.330. The van der Waals surface area contributed by atoms with Gasteiger partial charge in [0.2, 0.25) is 0 Å². The Morgan fingerprint density at radius 3 is 2.42 bits per heavy atom. The molecule has 1 aliphatic carbocycles. The molecule has 0 saturated heterocycles. The molecular formula is C25H17N. The summed E-state index contributed by atoms with van der Waals surface area (Å²) in [6.45, 7) is 0. The van der Waals surface area contributed by atoms with E-state index in [0.717, 1.165) is 6.42 Å². The van der Waals surface area contributed by atoms with Gasteiger partial charge in [0.25, 0.3) is 0 Å². The largest absolute Gasteiger partial charge is 0.317 e. The van der Waals surface area contributed by atoms with Crippen LogP contribution in [0.3, 0.4) is 0 Å². The third-order valence-corrected chi connectivity index (χ3v) is 5.65. The maximum Gasteiger partial charge on any atom is 0.0531 e. The van der Waals surface area contributed by atoms with E-state index in [9.17, 15) is 0 Å². The highest BCUT2D eigenvalue weighted by molar-refractivity contribution is 5.98. The fraction of sp³-hybridized carbons (Fsp3) is 0.0400. The van der Waals surface area contributed by atoms with Crippen molar-refractivity contribution in [1.29, 1.82) is 0 Å². The fourth-order valence-electron chi connectivity index (χ4n) is 4.41. The maximum atomic E-state index is 2.38. The van der Waals surface area contributed by atoms with Gasteiger partial charge in [-0.2, -0.15) is 0 Å². The third-order valence-electron chi connectivity index (χ3n) is 5.65. The summed E-state index contributed by atoms with van der Waals surface area (Å²) in [5.41, 5.74) is 8.18. The molecule has 1 aliphatic rings. The Labute approximate surface area is 152 Å². The number of benzene rings is 4. The zero-order valence-electron chi connectivity index (χ0n) is 14.3. The summed E-state index contributed by atoms with van der Waals surface area (Å²) in [4.78, 5) is 0. The van der Waals surface area contributed by atoms with Gasteiger partial charge in [0.15, 0.2) is 0 Å². The van der Waals surface area contributed by atoms with Gasteiger partial charge in [-0.3, -0.25) is 0 Å². The van der Waals surface area contributed by atoms with Crippen molar-refractivity contribution in [3.63, 3.8) is 0 Å². The second-order valence-corrected chi connectivity index (χ2v) is 7.08. The Hall–Kier alpha value is -3.32. The van der Waals surface area contributed by atoms with Crippen LogP contribution in [0, 0.1) is 0 Å². The summed E-state index contributed by atoms with van der Waals surface area (Å²) >= 11 is 0. The summed E-state index contributed by atoms with van der Waals surface area (Å²) in [5, 5.41) is 4.02. The molecule has 26 heavy (non-hydrogen) atoms. The predicted octanol–water partition coefficient (Wildman–Crippen LogP) is 6.35. The number of nitrogens with zero attached hydrogens (tertiary/aromatic N) is 1. The molecule has 1 heteroatoms. The highest BCUT2D eigenvalue weighted by Crippen LogP contribution is 2.42. The molecule has 0 amide bonds. The van der Waals surface area contributed by atoms with E-state index in [2.05, 4.69) is 95.7 Å². The first kappa shape index (κ1) is 13.9. The Morgan fingerprint density at radius 2 is 1.50 bits per heavy atom. The first-order valence-electron chi connectivity index (χ1n) is 9.09. The van der Waals surface area contributed by atoms with Gasteiger partial charge in [0.05, 0.1) is 5.52 Å². The lowest BCUT2D eigenvalue weighted by molar-refractivity contribution is 1.12. The van der Waals surface area contributed by atoms with Crippen LogP contribution < -0.4 is 0 Å². The minimum absolute atomic E-state index is 1.02. The van der Waals surface area contributed by atoms with Crippen molar-refractivity contribution in [2.24, 2.45) is 0 Å². The Bertz CT molecular complexity index is 1290. The summed E-state index contributed by atoms with van der Waals surface area (Å²) in [6, 6.07) is 30.8. The van der Waals surface area contributed by atoms with Gasteiger partial charge in [-0.15, -0.1) is 0 Å². The first-order valence-corrected chi connectivity index (χ1v) is 9.09. The van der Waals surface area contributed by atoms with Crippen molar-refractivity contribution < 1.29 is 0 Å². The van der Waals surface area contributed by atoms with E-state index in [1.54, 1.807) is 0 Å².